The molecule has 1 saturated heterocycles. The molecule has 0 spiro atoms. The molecule has 0 saturated carbocycles. The maximum Gasteiger partial charge on any atom is 0.164 e. The van der Waals surface area contributed by atoms with Crippen molar-refractivity contribution >= 4 is 5.78 Å². The minimum Gasteiger partial charge on any atom is -0.300 e. The van der Waals surface area contributed by atoms with E-state index in [9.17, 15) is 13.6 Å². The van der Waals surface area contributed by atoms with E-state index in [0.29, 0.717) is 19.0 Å². The number of halogens is 2. The van der Waals surface area contributed by atoms with Crippen LogP contribution in [0.4, 0.5) is 8.78 Å². The zero-order valence-electron chi connectivity index (χ0n) is 12.6. The van der Waals surface area contributed by atoms with Crippen molar-refractivity contribution in [1.82, 2.24) is 4.90 Å². The Morgan fingerprint density at radius 3 is 2.62 bits per heavy atom. The zero-order chi connectivity index (χ0) is 15.2. The van der Waals surface area contributed by atoms with E-state index in [4.69, 9.17) is 0 Å². The van der Waals surface area contributed by atoms with Gasteiger partial charge in [-0.25, -0.2) is 8.78 Å². The van der Waals surface area contributed by atoms with Gasteiger partial charge in [-0.05, 0) is 37.9 Å². The third-order valence-corrected chi connectivity index (χ3v) is 4.18. The molecular weight excluding hydrogens is 272 g/mol. The molecule has 0 bridgehead atoms. The van der Waals surface area contributed by atoms with Crippen molar-refractivity contribution in [3.8, 4) is 0 Å². The molecule has 1 aliphatic heterocycles. The fraction of sp³-hybridized carbons (Fsp3) is 0.588. The Labute approximate surface area is 125 Å². The van der Waals surface area contributed by atoms with Crippen LogP contribution in [-0.2, 0) is 0 Å². The molecule has 2 nitrogen and oxygen atoms in total. The summed E-state index contributed by atoms with van der Waals surface area (Å²) in [5.41, 5.74) is 0.136. The van der Waals surface area contributed by atoms with Crippen molar-refractivity contribution in [3.63, 3.8) is 0 Å². The van der Waals surface area contributed by atoms with E-state index in [0.717, 1.165) is 37.6 Å². The summed E-state index contributed by atoms with van der Waals surface area (Å²) in [7, 11) is 0. The zero-order valence-corrected chi connectivity index (χ0v) is 12.6. The highest BCUT2D eigenvalue weighted by molar-refractivity contribution is 5.96. The molecule has 21 heavy (non-hydrogen) atoms. The molecule has 1 fully saturated rings. The smallest absolute Gasteiger partial charge is 0.164 e. The van der Waals surface area contributed by atoms with E-state index in [-0.39, 0.29) is 11.3 Å². The quantitative estimate of drug-likeness (QED) is 0.733. The molecule has 1 aromatic rings. The van der Waals surface area contributed by atoms with Gasteiger partial charge in [0.2, 0.25) is 0 Å². The fourth-order valence-electron chi connectivity index (χ4n) is 3.12. The van der Waals surface area contributed by atoms with Crippen LogP contribution >= 0.6 is 0 Å². The van der Waals surface area contributed by atoms with E-state index >= 15 is 0 Å². The van der Waals surface area contributed by atoms with Gasteiger partial charge in [0.05, 0.1) is 0 Å². The van der Waals surface area contributed by atoms with E-state index in [1.807, 2.05) is 0 Å². The van der Waals surface area contributed by atoms with Crippen LogP contribution in [0, 0.1) is 11.6 Å². The van der Waals surface area contributed by atoms with Gasteiger partial charge in [0, 0.05) is 30.6 Å². The molecule has 1 aromatic carbocycles. The van der Waals surface area contributed by atoms with Gasteiger partial charge in [-0.1, -0.05) is 19.8 Å². The minimum atomic E-state index is -0.694. The number of Topliss-reactive ketones (excluding diaryl/α,β-unsaturated/α-hetero) is 1. The van der Waals surface area contributed by atoms with Gasteiger partial charge >= 0.3 is 0 Å². The van der Waals surface area contributed by atoms with Crippen LogP contribution in [0.25, 0.3) is 0 Å². The summed E-state index contributed by atoms with van der Waals surface area (Å²) in [6.45, 7) is 3.88. The Hall–Kier alpha value is -1.29. The lowest BCUT2D eigenvalue weighted by atomic mass is 9.97. The summed E-state index contributed by atoms with van der Waals surface area (Å²) < 4.78 is 26.3. The van der Waals surface area contributed by atoms with Gasteiger partial charge in [-0.2, -0.15) is 0 Å². The van der Waals surface area contributed by atoms with Crippen LogP contribution in [-0.4, -0.2) is 29.8 Å². The van der Waals surface area contributed by atoms with Crippen LogP contribution in [0.1, 0.15) is 55.8 Å². The number of hydrogen-bond donors (Lipinski definition) is 0. The van der Waals surface area contributed by atoms with E-state index < -0.39 is 11.6 Å². The van der Waals surface area contributed by atoms with E-state index in [1.54, 1.807) is 0 Å². The lowest BCUT2D eigenvalue weighted by molar-refractivity contribution is 0.0918. The minimum absolute atomic E-state index is 0.136. The molecule has 1 unspecified atom stereocenters. The van der Waals surface area contributed by atoms with Crippen LogP contribution in [0.5, 0.6) is 0 Å². The highest BCUT2D eigenvalue weighted by Gasteiger charge is 2.22. The number of rotatable bonds is 6. The van der Waals surface area contributed by atoms with Gasteiger partial charge in [-0.15, -0.1) is 0 Å². The molecule has 1 heterocycles. The Bertz CT molecular complexity index is 467. The molecule has 0 amide bonds. The van der Waals surface area contributed by atoms with Gasteiger partial charge < -0.3 is 0 Å². The van der Waals surface area contributed by atoms with Crippen molar-refractivity contribution in [1.29, 1.82) is 0 Å². The van der Waals surface area contributed by atoms with Crippen LogP contribution in [0.3, 0.4) is 0 Å². The van der Waals surface area contributed by atoms with Crippen LogP contribution in [0.2, 0.25) is 0 Å². The number of benzene rings is 1. The average Bonchev–Trinajstić information content (AvgIpc) is 2.45. The first-order valence-electron chi connectivity index (χ1n) is 7.83. The summed E-state index contributed by atoms with van der Waals surface area (Å²) in [6.07, 6.45) is 6.24. The standard InChI is InChI=1S/C17H23F2NO/c1-2-5-16-6-3-4-8-20(16)9-7-17(21)13-10-14(18)12-15(19)11-13/h10-12,16H,2-9H2,1H3. The van der Waals surface area contributed by atoms with Crippen molar-refractivity contribution in [3.05, 3.63) is 35.4 Å². The summed E-state index contributed by atoms with van der Waals surface area (Å²) in [5.74, 6) is -1.57. The fourth-order valence-corrected chi connectivity index (χ4v) is 3.12. The predicted octanol–water partition coefficient (Wildman–Crippen LogP) is 4.19. The molecule has 0 radical (unpaired) electrons. The topological polar surface area (TPSA) is 20.3 Å². The Morgan fingerprint density at radius 1 is 1.24 bits per heavy atom. The SMILES string of the molecule is CCCC1CCCCN1CCC(=O)c1cc(F)cc(F)c1. The summed E-state index contributed by atoms with van der Waals surface area (Å²) in [5, 5.41) is 0. The number of hydrogen-bond acceptors (Lipinski definition) is 2. The van der Waals surface area contributed by atoms with Crippen LogP contribution in [0.15, 0.2) is 18.2 Å². The second-order valence-corrected chi connectivity index (χ2v) is 5.81. The largest absolute Gasteiger partial charge is 0.300 e. The molecule has 116 valence electrons. The van der Waals surface area contributed by atoms with Crippen molar-refractivity contribution in [2.75, 3.05) is 13.1 Å². The third-order valence-electron chi connectivity index (χ3n) is 4.18. The Morgan fingerprint density at radius 2 is 1.95 bits per heavy atom. The predicted molar refractivity (Wildman–Crippen MR) is 79.4 cm³/mol. The molecule has 1 aliphatic rings. The second kappa shape index (κ2) is 7.64. The first-order chi connectivity index (χ1) is 10.1. The molecular formula is C17H23F2NO. The number of nitrogens with zero attached hydrogens (tertiary/aromatic N) is 1. The maximum absolute atomic E-state index is 13.1. The van der Waals surface area contributed by atoms with Crippen molar-refractivity contribution in [2.24, 2.45) is 0 Å². The van der Waals surface area contributed by atoms with E-state index in [1.165, 1.54) is 19.3 Å². The van der Waals surface area contributed by atoms with Crippen molar-refractivity contribution in [2.45, 2.75) is 51.5 Å². The molecule has 4 heteroatoms. The Kier molecular flexibility index (Phi) is 5.85. The molecule has 0 aromatic heterocycles. The van der Waals surface area contributed by atoms with Crippen LogP contribution < -0.4 is 0 Å². The molecule has 0 aliphatic carbocycles. The lowest BCUT2D eigenvalue weighted by Gasteiger charge is -2.35. The Balaban J connectivity index is 1.93. The number of carbonyl (C=O) groups excluding carboxylic acids is 1. The summed E-state index contributed by atoms with van der Waals surface area (Å²) >= 11 is 0. The van der Waals surface area contributed by atoms with Gasteiger partial charge in [0.15, 0.2) is 5.78 Å². The number of carbonyl (C=O) groups is 1. The molecule has 1 atom stereocenters. The number of piperidine rings is 1. The lowest BCUT2D eigenvalue weighted by Crippen LogP contribution is -2.40. The summed E-state index contributed by atoms with van der Waals surface area (Å²) in [6, 6.07) is 3.58. The highest BCUT2D eigenvalue weighted by Crippen LogP contribution is 2.21. The summed E-state index contributed by atoms with van der Waals surface area (Å²) in [4.78, 5) is 14.5. The maximum atomic E-state index is 13.1. The normalized spacial score (nSPS) is 19.7. The molecule has 0 N–H and O–H groups in total. The second-order valence-electron chi connectivity index (χ2n) is 5.81. The van der Waals surface area contributed by atoms with E-state index in [2.05, 4.69) is 11.8 Å². The first kappa shape index (κ1) is 16.1. The van der Waals surface area contributed by atoms with Crippen molar-refractivity contribution < 1.29 is 13.6 Å². The number of ketones is 1. The number of likely N-dealkylation sites (tertiary alicyclic amines) is 1. The highest BCUT2D eigenvalue weighted by atomic mass is 19.1. The first-order valence-corrected chi connectivity index (χ1v) is 7.83. The van der Waals surface area contributed by atoms with Gasteiger partial charge in [-0.3, -0.25) is 9.69 Å². The van der Waals surface area contributed by atoms with Gasteiger partial charge in [0.25, 0.3) is 0 Å². The monoisotopic (exact) mass is 295 g/mol. The molecule has 2 rings (SSSR count). The third kappa shape index (κ3) is 4.60. The van der Waals surface area contributed by atoms with Gasteiger partial charge in [0.1, 0.15) is 11.6 Å². The average molecular weight is 295 g/mol.